The zero-order valence-corrected chi connectivity index (χ0v) is 8.06. The summed E-state index contributed by atoms with van der Waals surface area (Å²) in [6, 6.07) is 0.278. The maximum Gasteiger partial charge on any atom is 0.00617 e. The van der Waals surface area contributed by atoms with Gasteiger partial charge in [0.1, 0.15) is 0 Å². The summed E-state index contributed by atoms with van der Waals surface area (Å²) in [6.45, 7) is 7.31. The van der Waals surface area contributed by atoms with E-state index < -0.39 is 0 Å². The van der Waals surface area contributed by atoms with Crippen LogP contribution in [-0.4, -0.2) is 12.6 Å². The van der Waals surface area contributed by atoms with Gasteiger partial charge in [-0.1, -0.05) is 20.3 Å². The Bertz CT molecular complexity index is 97.7. The summed E-state index contributed by atoms with van der Waals surface area (Å²) in [5.41, 5.74) is 11.5. The lowest BCUT2D eigenvalue weighted by Crippen LogP contribution is -2.34. The van der Waals surface area contributed by atoms with E-state index in [0.29, 0.717) is 0 Å². The number of nitrogens with two attached hydrogens (primary N) is 2. The van der Waals surface area contributed by atoms with Crippen molar-refractivity contribution >= 4 is 0 Å². The molecule has 0 aromatic rings. The van der Waals surface area contributed by atoms with Crippen LogP contribution < -0.4 is 11.5 Å². The Kier molecular flexibility index (Phi) is 4.69. The van der Waals surface area contributed by atoms with Crippen molar-refractivity contribution in [2.75, 3.05) is 6.54 Å². The Balaban J connectivity index is 3.55. The lowest BCUT2D eigenvalue weighted by molar-refractivity contribution is 0.268. The molecule has 0 rings (SSSR count). The largest absolute Gasteiger partial charge is 0.330 e. The molecule has 0 saturated heterocycles. The van der Waals surface area contributed by atoms with Crippen LogP contribution in [0.3, 0.4) is 0 Å². The van der Waals surface area contributed by atoms with Gasteiger partial charge in [-0.3, -0.25) is 0 Å². The highest BCUT2D eigenvalue weighted by molar-refractivity contribution is 4.77. The monoisotopic (exact) mass is 158 g/mol. The van der Waals surface area contributed by atoms with E-state index in [1.807, 2.05) is 0 Å². The minimum atomic E-state index is 0.273. The SMILES string of the molecule is CC(N)C(C)(C)CCCCN. The third kappa shape index (κ3) is 4.38. The zero-order valence-electron chi connectivity index (χ0n) is 8.06. The molecule has 0 heterocycles. The summed E-state index contributed by atoms with van der Waals surface area (Å²) in [6.07, 6.45) is 3.50. The van der Waals surface area contributed by atoms with E-state index >= 15 is 0 Å². The summed E-state index contributed by atoms with van der Waals surface area (Å²) in [5.74, 6) is 0. The van der Waals surface area contributed by atoms with Gasteiger partial charge in [0.25, 0.3) is 0 Å². The maximum atomic E-state index is 5.82. The van der Waals surface area contributed by atoms with Crippen molar-refractivity contribution in [3.05, 3.63) is 0 Å². The highest BCUT2D eigenvalue weighted by Crippen LogP contribution is 2.25. The first-order chi connectivity index (χ1) is 5.00. The van der Waals surface area contributed by atoms with Crippen LogP contribution >= 0.6 is 0 Å². The van der Waals surface area contributed by atoms with Crippen LogP contribution in [-0.2, 0) is 0 Å². The molecule has 0 bridgehead atoms. The average Bonchev–Trinajstić information content (AvgIpc) is 1.88. The summed E-state index contributed by atoms with van der Waals surface area (Å²) in [4.78, 5) is 0. The maximum absolute atomic E-state index is 5.82. The first-order valence-corrected chi connectivity index (χ1v) is 4.46. The lowest BCUT2D eigenvalue weighted by Gasteiger charge is -2.28. The van der Waals surface area contributed by atoms with Gasteiger partial charge in [0.05, 0.1) is 0 Å². The molecular formula is C9H22N2. The lowest BCUT2D eigenvalue weighted by atomic mass is 9.81. The topological polar surface area (TPSA) is 52.0 Å². The van der Waals surface area contributed by atoms with E-state index in [1.54, 1.807) is 0 Å². The summed E-state index contributed by atoms with van der Waals surface area (Å²) < 4.78 is 0. The van der Waals surface area contributed by atoms with E-state index in [9.17, 15) is 0 Å². The molecule has 0 aromatic heterocycles. The molecule has 68 valence electrons. The van der Waals surface area contributed by atoms with Gasteiger partial charge in [-0.2, -0.15) is 0 Å². The van der Waals surface area contributed by atoms with Gasteiger partial charge in [-0.15, -0.1) is 0 Å². The first-order valence-electron chi connectivity index (χ1n) is 4.46. The predicted molar refractivity (Wildman–Crippen MR) is 50.3 cm³/mol. The van der Waals surface area contributed by atoms with E-state index in [-0.39, 0.29) is 11.5 Å². The van der Waals surface area contributed by atoms with Gasteiger partial charge in [0.15, 0.2) is 0 Å². The number of hydrogen-bond donors (Lipinski definition) is 2. The smallest absolute Gasteiger partial charge is 0.00617 e. The van der Waals surface area contributed by atoms with E-state index in [0.717, 1.165) is 13.0 Å². The molecule has 0 amide bonds. The fourth-order valence-corrected chi connectivity index (χ4v) is 0.953. The summed E-state index contributed by atoms with van der Waals surface area (Å²) in [7, 11) is 0. The Morgan fingerprint density at radius 3 is 2.18 bits per heavy atom. The zero-order chi connectivity index (χ0) is 8.91. The molecule has 0 radical (unpaired) electrons. The van der Waals surface area contributed by atoms with Crippen LogP contribution in [0.1, 0.15) is 40.0 Å². The second kappa shape index (κ2) is 4.73. The van der Waals surface area contributed by atoms with Crippen molar-refractivity contribution in [1.29, 1.82) is 0 Å². The molecule has 0 fully saturated rings. The van der Waals surface area contributed by atoms with Crippen LogP contribution in [0.5, 0.6) is 0 Å². The van der Waals surface area contributed by atoms with Crippen LogP contribution in [0.25, 0.3) is 0 Å². The fraction of sp³-hybridized carbons (Fsp3) is 1.00. The molecule has 1 unspecified atom stereocenters. The van der Waals surface area contributed by atoms with Gasteiger partial charge in [-0.25, -0.2) is 0 Å². The summed E-state index contributed by atoms with van der Waals surface area (Å²) in [5, 5.41) is 0. The van der Waals surface area contributed by atoms with E-state index in [2.05, 4.69) is 20.8 Å². The van der Waals surface area contributed by atoms with Gasteiger partial charge in [0.2, 0.25) is 0 Å². The quantitative estimate of drug-likeness (QED) is 0.596. The van der Waals surface area contributed by atoms with Crippen molar-refractivity contribution in [1.82, 2.24) is 0 Å². The molecule has 2 heteroatoms. The van der Waals surface area contributed by atoms with Gasteiger partial charge >= 0.3 is 0 Å². The van der Waals surface area contributed by atoms with Crippen LogP contribution in [0, 0.1) is 5.41 Å². The number of rotatable bonds is 5. The first kappa shape index (κ1) is 10.9. The summed E-state index contributed by atoms with van der Waals surface area (Å²) >= 11 is 0. The number of hydrogen-bond acceptors (Lipinski definition) is 2. The van der Waals surface area contributed by atoms with E-state index in [4.69, 9.17) is 11.5 Å². The van der Waals surface area contributed by atoms with Crippen LogP contribution in [0.2, 0.25) is 0 Å². The second-order valence-electron chi connectivity index (χ2n) is 4.02. The van der Waals surface area contributed by atoms with Crippen LogP contribution in [0.4, 0.5) is 0 Å². The molecule has 0 spiro atoms. The molecule has 0 aliphatic rings. The fourth-order valence-electron chi connectivity index (χ4n) is 0.953. The molecule has 11 heavy (non-hydrogen) atoms. The standard InChI is InChI=1S/C9H22N2/c1-8(11)9(2,3)6-4-5-7-10/h8H,4-7,10-11H2,1-3H3. The normalized spacial score (nSPS) is 15.0. The Morgan fingerprint density at radius 2 is 1.82 bits per heavy atom. The minimum Gasteiger partial charge on any atom is -0.330 e. The highest BCUT2D eigenvalue weighted by atomic mass is 14.7. The van der Waals surface area contributed by atoms with Crippen molar-refractivity contribution in [2.24, 2.45) is 16.9 Å². The molecule has 1 atom stereocenters. The molecule has 0 aliphatic heterocycles. The Morgan fingerprint density at radius 1 is 1.27 bits per heavy atom. The van der Waals surface area contributed by atoms with Crippen molar-refractivity contribution in [2.45, 2.75) is 46.1 Å². The Hall–Kier alpha value is -0.0800. The second-order valence-corrected chi connectivity index (χ2v) is 4.02. The highest BCUT2D eigenvalue weighted by Gasteiger charge is 2.21. The molecule has 0 aliphatic carbocycles. The van der Waals surface area contributed by atoms with Crippen molar-refractivity contribution in [3.8, 4) is 0 Å². The van der Waals surface area contributed by atoms with Gasteiger partial charge in [-0.05, 0) is 31.7 Å². The van der Waals surface area contributed by atoms with Gasteiger partial charge < -0.3 is 11.5 Å². The van der Waals surface area contributed by atoms with Gasteiger partial charge in [0, 0.05) is 6.04 Å². The molecule has 4 N–H and O–H groups in total. The molecule has 0 saturated carbocycles. The third-order valence-electron chi connectivity index (χ3n) is 2.51. The molecular weight excluding hydrogens is 136 g/mol. The minimum absolute atomic E-state index is 0.273. The third-order valence-corrected chi connectivity index (χ3v) is 2.51. The predicted octanol–water partition coefficient (Wildman–Crippen LogP) is 1.49. The molecule has 0 aromatic carbocycles. The van der Waals surface area contributed by atoms with Crippen molar-refractivity contribution < 1.29 is 0 Å². The van der Waals surface area contributed by atoms with Crippen molar-refractivity contribution in [3.63, 3.8) is 0 Å². The van der Waals surface area contributed by atoms with Crippen LogP contribution in [0.15, 0.2) is 0 Å². The average molecular weight is 158 g/mol. The molecule has 2 nitrogen and oxygen atoms in total. The van der Waals surface area contributed by atoms with E-state index in [1.165, 1.54) is 12.8 Å². The number of unbranched alkanes of at least 4 members (excludes halogenated alkanes) is 1. The Labute approximate surface area is 70.3 Å².